The number of hydrogen-bond donors (Lipinski definition) is 2. The van der Waals surface area contributed by atoms with Crippen molar-refractivity contribution in [3.8, 4) is 0 Å². The van der Waals surface area contributed by atoms with Gasteiger partial charge in [0.15, 0.2) is 5.89 Å². The smallest absolute Gasteiger partial charge is 0.330 e. The van der Waals surface area contributed by atoms with E-state index >= 15 is 0 Å². The average Bonchev–Trinajstić information content (AvgIpc) is 3.28. The zero-order valence-electron chi connectivity index (χ0n) is 14.5. The second-order valence-electron chi connectivity index (χ2n) is 7.28. The van der Waals surface area contributed by atoms with Gasteiger partial charge in [-0.1, -0.05) is 13.8 Å². The summed E-state index contributed by atoms with van der Waals surface area (Å²) >= 11 is 0. The molecule has 132 valence electrons. The van der Waals surface area contributed by atoms with Crippen LogP contribution in [0, 0.1) is 12.3 Å². The van der Waals surface area contributed by atoms with Gasteiger partial charge in [0.25, 0.3) is 5.91 Å². The quantitative estimate of drug-likeness (QED) is 0.826. The van der Waals surface area contributed by atoms with E-state index in [1.54, 1.807) is 20.8 Å². The van der Waals surface area contributed by atoms with Crippen molar-refractivity contribution in [2.75, 3.05) is 6.61 Å². The molecule has 1 aromatic heterocycles. The highest BCUT2D eigenvalue weighted by Crippen LogP contribution is 2.51. The molecule has 2 saturated carbocycles. The Kier molecular flexibility index (Phi) is 3.94. The number of hydrogen-bond acceptors (Lipinski definition) is 5. The zero-order valence-corrected chi connectivity index (χ0v) is 14.5. The fourth-order valence-corrected chi connectivity index (χ4v) is 3.42. The minimum atomic E-state index is -1.37. The number of carbonyl (C=O) groups excluding carboxylic acids is 1. The average molecular weight is 336 g/mol. The summed E-state index contributed by atoms with van der Waals surface area (Å²) < 4.78 is 11.2. The molecule has 0 aromatic carbocycles. The van der Waals surface area contributed by atoms with Crippen molar-refractivity contribution in [1.82, 2.24) is 10.3 Å². The van der Waals surface area contributed by atoms with Crippen molar-refractivity contribution in [1.29, 1.82) is 0 Å². The maximum absolute atomic E-state index is 12.6. The summed E-state index contributed by atoms with van der Waals surface area (Å²) in [6, 6.07) is 0. The van der Waals surface area contributed by atoms with Gasteiger partial charge >= 0.3 is 5.97 Å². The third-order valence-corrected chi connectivity index (χ3v) is 5.40. The molecule has 2 N–H and O–H groups in total. The van der Waals surface area contributed by atoms with Gasteiger partial charge in [-0.25, -0.2) is 9.78 Å². The van der Waals surface area contributed by atoms with E-state index in [4.69, 9.17) is 9.15 Å². The Hall–Kier alpha value is -1.89. The topological polar surface area (TPSA) is 102 Å². The maximum Gasteiger partial charge on any atom is 0.330 e. The first kappa shape index (κ1) is 17.0. The van der Waals surface area contributed by atoms with Gasteiger partial charge in [0.1, 0.15) is 5.54 Å². The van der Waals surface area contributed by atoms with Gasteiger partial charge in [0.2, 0.25) is 5.76 Å². The van der Waals surface area contributed by atoms with Crippen molar-refractivity contribution in [3.63, 3.8) is 0 Å². The normalized spacial score (nSPS) is 28.2. The summed E-state index contributed by atoms with van der Waals surface area (Å²) in [6.45, 7) is 7.67. The van der Waals surface area contributed by atoms with Crippen LogP contribution in [0.1, 0.15) is 68.1 Å². The highest BCUT2D eigenvalue weighted by atomic mass is 16.5. The maximum atomic E-state index is 12.6. The Labute approximate surface area is 140 Å². The lowest BCUT2D eigenvalue weighted by atomic mass is 9.54. The number of amides is 1. The van der Waals surface area contributed by atoms with Crippen LogP contribution in [-0.4, -0.2) is 40.2 Å². The van der Waals surface area contributed by atoms with Crippen molar-refractivity contribution in [2.45, 2.75) is 64.5 Å². The Morgan fingerprint density at radius 1 is 1.42 bits per heavy atom. The van der Waals surface area contributed by atoms with Gasteiger partial charge in [-0.3, -0.25) is 4.79 Å². The molecule has 0 spiro atoms. The van der Waals surface area contributed by atoms with Gasteiger partial charge in [0, 0.05) is 24.4 Å². The lowest BCUT2D eigenvalue weighted by Gasteiger charge is -2.58. The van der Waals surface area contributed by atoms with Gasteiger partial charge in [-0.2, -0.15) is 0 Å². The van der Waals surface area contributed by atoms with E-state index in [1.165, 1.54) is 0 Å². The van der Waals surface area contributed by atoms with E-state index in [-0.39, 0.29) is 18.3 Å². The third-order valence-electron chi connectivity index (χ3n) is 5.40. The summed E-state index contributed by atoms with van der Waals surface area (Å²) in [4.78, 5) is 28.9. The number of aromatic nitrogens is 1. The van der Waals surface area contributed by atoms with Crippen LogP contribution in [0.4, 0.5) is 0 Å². The summed E-state index contributed by atoms with van der Waals surface area (Å²) in [5.41, 5.74) is -1.60. The number of aryl methyl sites for hydroxylation is 1. The molecular weight excluding hydrogens is 312 g/mol. The fraction of sp³-hybridized carbons (Fsp3) is 0.706. The van der Waals surface area contributed by atoms with Gasteiger partial charge in [0.05, 0.1) is 11.8 Å². The molecule has 1 aromatic rings. The number of nitrogens with zero attached hydrogens (tertiary/aromatic N) is 1. The van der Waals surface area contributed by atoms with Crippen molar-refractivity contribution in [2.24, 2.45) is 5.41 Å². The molecule has 2 aliphatic rings. The molecule has 24 heavy (non-hydrogen) atoms. The molecule has 1 heterocycles. The predicted octanol–water partition coefficient (Wildman–Crippen LogP) is 2.25. The second kappa shape index (κ2) is 5.58. The highest BCUT2D eigenvalue weighted by molar-refractivity contribution is 5.97. The summed E-state index contributed by atoms with van der Waals surface area (Å²) in [7, 11) is 0. The number of carboxylic acids is 1. The monoisotopic (exact) mass is 336 g/mol. The molecule has 7 nitrogen and oxygen atoms in total. The summed E-state index contributed by atoms with van der Waals surface area (Å²) in [5.74, 6) is -0.620. The van der Waals surface area contributed by atoms with Crippen molar-refractivity contribution < 1.29 is 23.8 Å². The minimum Gasteiger partial charge on any atom is -0.479 e. The Balaban J connectivity index is 1.82. The zero-order chi connectivity index (χ0) is 17.7. The molecule has 0 aliphatic heterocycles. The number of oxazole rings is 1. The van der Waals surface area contributed by atoms with E-state index in [2.05, 4.69) is 10.3 Å². The van der Waals surface area contributed by atoms with Crippen LogP contribution >= 0.6 is 0 Å². The molecule has 7 heteroatoms. The van der Waals surface area contributed by atoms with Crippen LogP contribution in [0.3, 0.4) is 0 Å². The SMILES string of the molecule is CCOC1CC(NC(=O)c2oc(C3CC3)nc2C)(C(=O)O)C1(C)C. The molecule has 2 unspecified atom stereocenters. The number of aliphatic carboxylic acids is 1. The van der Waals surface area contributed by atoms with Gasteiger partial charge < -0.3 is 19.6 Å². The molecule has 0 radical (unpaired) electrons. The first-order valence-corrected chi connectivity index (χ1v) is 8.37. The van der Waals surface area contributed by atoms with Crippen molar-refractivity contribution in [3.05, 3.63) is 17.3 Å². The van der Waals surface area contributed by atoms with Gasteiger partial charge in [-0.15, -0.1) is 0 Å². The van der Waals surface area contributed by atoms with E-state index in [1.807, 2.05) is 6.92 Å². The van der Waals surface area contributed by atoms with E-state index in [9.17, 15) is 14.7 Å². The summed E-state index contributed by atoms with van der Waals surface area (Å²) in [5, 5.41) is 12.4. The van der Waals surface area contributed by atoms with Crippen LogP contribution < -0.4 is 5.32 Å². The standard InChI is InChI=1S/C17H24N2O5/c1-5-23-11-8-17(15(21)22,16(11,3)4)19-13(20)12-9(2)18-14(24-12)10-6-7-10/h10-11H,5-8H2,1-4H3,(H,19,20)(H,21,22). The molecule has 0 saturated heterocycles. The molecule has 1 amide bonds. The largest absolute Gasteiger partial charge is 0.479 e. The van der Waals surface area contributed by atoms with Crippen LogP contribution in [-0.2, 0) is 9.53 Å². The molecule has 2 atom stereocenters. The highest BCUT2D eigenvalue weighted by Gasteiger charge is 2.66. The van der Waals surface area contributed by atoms with Crippen LogP contribution in [0.2, 0.25) is 0 Å². The van der Waals surface area contributed by atoms with E-state index < -0.39 is 22.8 Å². The lowest BCUT2D eigenvalue weighted by Crippen LogP contribution is -2.76. The molecule has 2 fully saturated rings. The van der Waals surface area contributed by atoms with E-state index in [0.29, 0.717) is 24.1 Å². The number of nitrogens with one attached hydrogen (secondary N) is 1. The first-order valence-electron chi connectivity index (χ1n) is 8.37. The van der Waals surface area contributed by atoms with Crippen LogP contribution in [0.25, 0.3) is 0 Å². The van der Waals surface area contributed by atoms with Crippen molar-refractivity contribution >= 4 is 11.9 Å². The van der Waals surface area contributed by atoms with Crippen LogP contribution in [0.15, 0.2) is 4.42 Å². The number of carbonyl (C=O) groups is 2. The van der Waals surface area contributed by atoms with Crippen LogP contribution in [0.5, 0.6) is 0 Å². The number of ether oxygens (including phenoxy) is 1. The molecular formula is C17H24N2O5. The number of rotatable bonds is 6. The van der Waals surface area contributed by atoms with Gasteiger partial charge in [-0.05, 0) is 26.7 Å². The molecule has 3 rings (SSSR count). The minimum absolute atomic E-state index is 0.105. The Bertz CT molecular complexity index is 677. The fourth-order valence-electron chi connectivity index (χ4n) is 3.42. The second-order valence-corrected chi connectivity index (χ2v) is 7.28. The number of carboxylic acid groups (broad SMARTS) is 1. The Morgan fingerprint density at radius 3 is 2.58 bits per heavy atom. The lowest BCUT2D eigenvalue weighted by molar-refractivity contribution is -0.190. The molecule has 0 bridgehead atoms. The molecule has 2 aliphatic carbocycles. The Morgan fingerprint density at radius 2 is 2.08 bits per heavy atom. The van der Waals surface area contributed by atoms with E-state index in [0.717, 1.165) is 12.8 Å². The first-order chi connectivity index (χ1) is 11.2. The summed E-state index contributed by atoms with van der Waals surface area (Å²) in [6.07, 6.45) is 2.06. The third kappa shape index (κ3) is 2.42. The predicted molar refractivity (Wildman–Crippen MR) is 84.9 cm³/mol.